The molecule has 0 fully saturated rings. The monoisotopic (exact) mass is 372 g/mol. The first-order valence-corrected chi connectivity index (χ1v) is 9.20. The Morgan fingerprint density at radius 2 is 1.75 bits per heavy atom. The number of para-hydroxylation sites is 1. The molecule has 0 amide bonds. The summed E-state index contributed by atoms with van der Waals surface area (Å²) in [4.78, 5) is 14.2. The Kier molecular flexibility index (Phi) is 5.69. The Hall–Kier alpha value is -2.08. The van der Waals surface area contributed by atoms with Crippen molar-refractivity contribution in [2.24, 2.45) is 5.10 Å². The van der Waals surface area contributed by atoms with Gasteiger partial charge in [0.25, 0.3) is 0 Å². The summed E-state index contributed by atoms with van der Waals surface area (Å²) < 4.78 is 0. The zero-order valence-corrected chi connectivity index (χ0v) is 14.9. The van der Waals surface area contributed by atoms with Crippen molar-refractivity contribution in [1.29, 1.82) is 0 Å². The number of Topliss-reactive ketones (excluding diaryl/α,β-unsaturated/α-hetero) is 1. The standard InChI is InChI=1S/C18H13ClN2OS2/c19-13-8-10-15(11-9-13)24-18(17(22)16-7-4-12-23-16)21-20-14-5-2-1-3-6-14/h1-12,20H/b21-18-. The zero-order valence-electron chi connectivity index (χ0n) is 12.5. The van der Waals surface area contributed by atoms with Crippen LogP contribution in [0.4, 0.5) is 5.69 Å². The van der Waals surface area contributed by atoms with Gasteiger partial charge in [0.2, 0.25) is 5.78 Å². The van der Waals surface area contributed by atoms with Crippen molar-refractivity contribution in [3.05, 3.63) is 82.0 Å². The van der Waals surface area contributed by atoms with E-state index in [1.165, 1.54) is 23.1 Å². The number of nitrogens with one attached hydrogen (secondary N) is 1. The van der Waals surface area contributed by atoms with E-state index >= 15 is 0 Å². The molecule has 1 aromatic heterocycles. The van der Waals surface area contributed by atoms with Crippen molar-refractivity contribution in [2.45, 2.75) is 4.90 Å². The van der Waals surface area contributed by atoms with Gasteiger partial charge < -0.3 is 0 Å². The number of hydrazone groups is 1. The summed E-state index contributed by atoms with van der Waals surface area (Å²) >= 11 is 8.63. The molecule has 0 aliphatic rings. The molecule has 0 bridgehead atoms. The maximum absolute atomic E-state index is 12.7. The molecule has 0 radical (unpaired) electrons. The van der Waals surface area contributed by atoms with Gasteiger partial charge >= 0.3 is 0 Å². The molecule has 1 N–H and O–H groups in total. The Morgan fingerprint density at radius 3 is 2.42 bits per heavy atom. The number of anilines is 1. The molecule has 0 aliphatic carbocycles. The molecule has 1 heterocycles. The van der Waals surface area contributed by atoms with Crippen LogP contribution in [0.25, 0.3) is 0 Å². The Labute approximate surface area is 153 Å². The number of rotatable bonds is 5. The Balaban J connectivity index is 1.85. The van der Waals surface area contributed by atoms with E-state index in [0.29, 0.717) is 14.9 Å². The Morgan fingerprint density at radius 1 is 1.00 bits per heavy atom. The van der Waals surface area contributed by atoms with Crippen molar-refractivity contribution < 1.29 is 4.79 Å². The van der Waals surface area contributed by atoms with Gasteiger partial charge in [-0.2, -0.15) is 5.10 Å². The van der Waals surface area contributed by atoms with Crippen LogP contribution in [-0.2, 0) is 0 Å². The van der Waals surface area contributed by atoms with Gasteiger partial charge in [0, 0.05) is 9.92 Å². The molecule has 0 saturated heterocycles. The van der Waals surface area contributed by atoms with Crippen LogP contribution >= 0.6 is 34.7 Å². The van der Waals surface area contributed by atoms with Crippen molar-refractivity contribution in [1.82, 2.24) is 0 Å². The van der Waals surface area contributed by atoms with Crippen LogP contribution in [0.2, 0.25) is 5.02 Å². The first-order chi connectivity index (χ1) is 11.7. The fraction of sp³-hybridized carbons (Fsp3) is 0. The van der Waals surface area contributed by atoms with E-state index in [1.54, 1.807) is 18.2 Å². The number of hydrogen-bond donors (Lipinski definition) is 1. The highest BCUT2D eigenvalue weighted by Gasteiger charge is 2.17. The maximum atomic E-state index is 12.7. The molecule has 0 saturated carbocycles. The molecule has 3 rings (SSSR count). The number of carbonyl (C=O) groups is 1. The number of nitrogens with zero attached hydrogens (tertiary/aromatic N) is 1. The van der Waals surface area contributed by atoms with Crippen molar-refractivity contribution in [2.75, 3.05) is 5.43 Å². The van der Waals surface area contributed by atoms with Gasteiger partial charge in [0.15, 0.2) is 5.04 Å². The molecule has 0 atom stereocenters. The third-order valence-electron chi connectivity index (χ3n) is 3.03. The number of thioether (sulfide) groups is 1. The number of halogens is 1. The van der Waals surface area contributed by atoms with Crippen LogP contribution in [0.15, 0.2) is 82.1 Å². The summed E-state index contributed by atoms with van der Waals surface area (Å²) in [5.41, 5.74) is 3.77. The summed E-state index contributed by atoms with van der Waals surface area (Å²) in [6, 6.07) is 20.5. The summed E-state index contributed by atoms with van der Waals surface area (Å²) in [5.74, 6) is -0.103. The van der Waals surface area contributed by atoms with Crippen LogP contribution in [0.5, 0.6) is 0 Å². The number of carbonyl (C=O) groups excluding carboxylic acids is 1. The van der Waals surface area contributed by atoms with Crippen molar-refractivity contribution in [3.63, 3.8) is 0 Å². The molecule has 0 aliphatic heterocycles. The molecule has 6 heteroatoms. The highest BCUT2D eigenvalue weighted by molar-refractivity contribution is 8.15. The first-order valence-electron chi connectivity index (χ1n) is 7.13. The minimum absolute atomic E-state index is 0.103. The molecule has 0 unspecified atom stereocenters. The van der Waals surface area contributed by atoms with E-state index in [4.69, 9.17) is 11.6 Å². The summed E-state index contributed by atoms with van der Waals surface area (Å²) in [7, 11) is 0. The van der Waals surface area contributed by atoms with Crippen LogP contribution in [-0.4, -0.2) is 10.8 Å². The molecule has 2 aromatic carbocycles. The van der Waals surface area contributed by atoms with E-state index < -0.39 is 0 Å². The van der Waals surface area contributed by atoms with Gasteiger partial charge in [-0.1, -0.05) is 47.6 Å². The van der Waals surface area contributed by atoms with Crippen molar-refractivity contribution >= 4 is 51.2 Å². The van der Waals surface area contributed by atoms with Crippen molar-refractivity contribution in [3.8, 4) is 0 Å². The lowest BCUT2D eigenvalue weighted by atomic mass is 10.3. The molecule has 120 valence electrons. The van der Waals surface area contributed by atoms with E-state index in [2.05, 4.69) is 10.5 Å². The van der Waals surface area contributed by atoms with E-state index in [0.717, 1.165) is 10.6 Å². The lowest BCUT2D eigenvalue weighted by molar-refractivity contribution is 0.107. The fourth-order valence-electron chi connectivity index (χ4n) is 1.88. The van der Waals surface area contributed by atoms with Gasteiger partial charge in [-0.3, -0.25) is 10.2 Å². The summed E-state index contributed by atoms with van der Waals surface area (Å²) in [6.07, 6.45) is 0. The predicted molar refractivity (Wildman–Crippen MR) is 103 cm³/mol. The second kappa shape index (κ2) is 8.15. The highest BCUT2D eigenvalue weighted by atomic mass is 35.5. The molecular weight excluding hydrogens is 360 g/mol. The van der Waals surface area contributed by atoms with E-state index in [-0.39, 0.29) is 5.78 Å². The number of hydrogen-bond acceptors (Lipinski definition) is 5. The number of benzene rings is 2. The van der Waals surface area contributed by atoms with Gasteiger partial charge in [0.05, 0.1) is 10.6 Å². The minimum Gasteiger partial charge on any atom is -0.285 e. The lowest BCUT2D eigenvalue weighted by Gasteiger charge is -2.06. The second-order valence-electron chi connectivity index (χ2n) is 4.76. The topological polar surface area (TPSA) is 41.5 Å². The highest BCUT2D eigenvalue weighted by Crippen LogP contribution is 2.25. The van der Waals surface area contributed by atoms with E-state index in [1.807, 2.05) is 53.9 Å². The van der Waals surface area contributed by atoms with E-state index in [9.17, 15) is 4.79 Å². The van der Waals surface area contributed by atoms with Gasteiger partial charge in [0.1, 0.15) is 0 Å². The average Bonchev–Trinajstić information content (AvgIpc) is 3.15. The third-order valence-corrected chi connectivity index (χ3v) is 5.13. The second-order valence-corrected chi connectivity index (χ2v) is 7.20. The first kappa shape index (κ1) is 16.8. The molecule has 0 spiro atoms. The van der Waals surface area contributed by atoms with Crippen LogP contribution in [0.1, 0.15) is 9.67 Å². The minimum atomic E-state index is -0.103. The number of thiophene rings is 1. The molecule has 3 nitrogen and oxygen atoms in total. The van der Waals surface area contributed by atoms with Crippen LogP contribution in [0.3, 0.4) is 0 Å². The third kappa shape index (κ3) is 4.47. The van der Waals surface area contributed by atoms with Crippen LogP contribution in [0, 0.1) is 0 Å². The average molecular weight is 373 g/mol. The van der Waals surface area contributed by atoms with Gasteiger partial charge in [-0.15, -0.1) is 11.3 Å². The summed E-state index contributed by atoms with van der Waals surface area (Å²) in [6.45, 7) is 0. The zero-order chi connectivity index (χ0) is 16.8. The van der Waals surface area contributed by atoms with Crippen LogP contribution < -0.4 is 5.43 Å². The fourth-order valence-corrected chi connectivity index (χ4v) is 3.52. The Bertz CT molecular complexity index is 831. The molecule has 24 heavy (non-hydrogen) atoms. The predicted octanol–water partition coefficient (Wildman–Crippen LogP) is 5.80. The summed E-state index contributed by atoms with van der Waals surface area (Å²) in [5, 5.41) is 7.23. The van der Waals surface area contributed by atoms with Gasteiger partial charge in [-0.05, 0) is 47.8 Å². The lowest BCUT2D eigenvalue weighted by Crippen LogP contribution is -2.11. The van der Waals surface area contributed by atoms with Gasteiger partial charge in [-0.25, -0.2) is 0 Å². The largest absolute Gasteiger partial charge is 0.285 e. The maximum Gasteiger partial charge on any atom is 0.229 e. The number of ketones is 1. The normalized spacial score (nSPS) is 11.3. The quantitative estimate of drug-likeness (QED) is 0.202. The smallest absolute Gasteiger partial charge is 0.229 e. The SMILES string of the molecule is O=C(/C(=N/Nc1ccccc1)Sc1ccc(Cl)cc1)c1cccs1. The molecule has 3 aromatic rings. The molecular formula is C18H13ClN2OS2.